The topological polar surface area (TPSA) is 15.3 Å². The molecule has 0 amide bonds. The number of fused-ring (bicyclic) bond motifs is 1. The fourth-order valence-electron chi connectivity index (χ4n) is 4.83. The highest BCUT2D eigenvalue weighted by molar-refractivity contribution is 5.74. The van der Waals surface area contributed by atoms with E-state index >= 15 is 0 Å². The number of allylic oxidation sites excluding steroid dienone is 4. The Hall–Kier alpha value is -2.74. The number of hydrogen-bond donors (Lipinski definition) is 1. The van der Waals surface area contributed by atoms with Crippen LogP contribution in [0.15, 0.2) is 77.7 Å². The zero-order valence-corrected chi connectivity index (χ0v) is 19.4. The maximum atomic E-state index is 3.87. The van der Waals surface area contributed by atoms with E-state index in [-0.39, 0.29) is 0 Å². The van der Waals surface area contributed by atoms with E-state index in [1.807, 2.05) is 0 Å². The van der Waals surface area contributed by atoms with Crippen LogP contribution in [-0.4, -0.2) is 18.5 Å². The van der Waals surface area contributed by atoms with Crippen molar-refractivity contribution >= 4 is 5.57 Å². The highest BCUT2D eigenvalue weighted by Gasteiger charge is 2.22. The molecule has 2 aromatic carbocycles. The molecule has 0 spiro atoms. The predicted molar refractivity (Wildman–Crippen MR) is 133 cm³/mol. The van der Waals surface area contributed by atoms with Gasteiger partial charge in [0.1, 0.15) is 0 Å². The van der Waals surface area contributed by atoms with Crippen LogP contribution in [0.2, 0.25) is 0 Å². The lowest BCUT2D eigenvalue weighted by Gasteiger charge is -2.32. The molecular formula is C29H36N2. The molecule has 4 rings (SSSR count). The lowest BCUT2D eigenvalue weighted by molar-refractivity contribution is 0.414. The van der Waals surface area contributed by atoms with Gasteiger partial charge in [-0.2, -0.15) is 0 Å². The SMILES string of the molecule is C/C1=C(\NCCCCCc2ccc(C)cc2)C2=C(C=CCC2)N(C)Cc2ccccc21. The van der Waals surface area contributed by atoms with Gasteiger partial charge in [-0.25, -0.2) is 0 Å². The van der Waals surface area contributed by atoms with Crippen molar-refractivity contribution in [2.45, 2.75) is 58.9 Å². The van der Waals surface area contributed by atoms with Crippen LogP contribution >= 0.6 is 0 Å². The molecular weight excluding hydrogens is 376 g/mol. The van der Waals surface area contributed by atoms with Gasteiger partial charge < -0.3 is 10.2 Å². The molecule has 0 bridgehead atoms. The molecule has 1 N–H and O–H groups in total. The van der Waals surface area contributed by atoms with E-state index in [0.29, 0.717) is 0 Å². The van der Waals surface area contributed by atoms with Gasteiger partial charge in [-0.05, 0) is 79.9 Å². The first-order chi connectivity index (χ1) is 15.1. The Morgan fingerprint density at radius 3 is 2.58 bits per heavy atom. The van der Waals surface area contributed by atoms with Gasteiger partial charge in [-0.1, -0.05) is 66.6 Å². The maximum absolute atomic E-state index is 3.87. The summed E-state index contributed by atoms with van der Waals surface area (Å²) < 4.78 is 0. The fourth-order valence-corrected chi connectivity index (χ4v) is 4.83. The number of unbranched alkanes of at least 4 members (excludes halogenated alkanes) is 2. The Kier molecular flexibility index (Phi) is 6.96. The van der Waals surface area contributed by atoms with Crippen molar-refractivity contribution in [3.05, 3.63) is 99.9 Å². The second-order valence-corrected chi connectivity index (χ2v) is 9.04. The van der Waals surface area contributed by atoms with E-state index in [9.17, 15) is 0 Å². The van der Waals surface area contributed by atoms with Gasteiger partial charge in [0.05, 0.1) is 0 Å². The van der Waals surface area contributed by atoms with Crippen molar-refractivity contribution in [3.63, 3.8) is 0 Å². The monoisotopic (exact) mass is 412 g/mol. The third-order valence-corrected chi connectivity index (χ3v) is 6.63. The summed E-state index contributed by atoms with van der Waals surface area (Å²) in [5, 5.41) is 3.87. The van der Waals surface area contributed by atoms with E-state index < -0.39 is 0 Å². The molecule has 0 atom stereocenters. The number of aryl methyl sites for hydroxylation is 2. The van der Waals surface area contributed by atoms with E-state index in [1.165, 1.54) is 70.5 Å². The highest BCUT2D eigenvalue weighted by Crippen LogP contribution is 2.35. The van der Waals surface area contributed by atoms with Crippen LogP contribution < -0.4 is 5.32 Å². The van der Waals surface area contributed by atoms with Gasteiger partial charge in [-0.3, -0.25) is 0 Å². The minimum absolute atomic E-state index is 0.961. The highest BCUT2D eigenvalue weighted by atomic mass is 15.1. The summed E-state index contributed by atoms with van der Waals surface area (Å²) in [6.07, 6.45) is 11.8. The van der Waals surface area contributed by atoms with Crippen molar-refractivity contribution in [3.8, 4) is 0 Å². The molecule has 1 aliphatic carbocycles. The number of nitrogens with one attached hydrogen (secondary N) is 1. The van der Waals surface area contributed by atoms with Gasteiger partial charge in [0.15, 0.2) is 0 Å². The molecule has 2 heteroatoms. The second-order valence-electron chi connectivity index (χ2n) is 9.04. The molecule has 0 radical (unpaired) electrons. The molecule has 2 aliphatic rings. The van der Waals surface area contributed by atoms with Gasteiger partial charge in [0.2, 0.25) is 0 Å². The summed E-state index contributed by atoms with van der Waals surface area (Å²) in [6, 6.07) is 17.9. The van der Waals surface area contributed by atoms with Crippen LogP contribution in [0.4, 0.5) is 0 Å². The zero-order chi connectivity index (χ0) is 21.6. The number of benzene rings is 2. The van der Waals surface area contributed by atoms with Gasteiger partial charge >= 0.3 is 0 Å². The molecule has 2 aromatic rings. The van der Waals surface area contributed by atoms with Crippen molar-refractivity contribution in [1.29, 1.82) is 0 Å². The Bertz CT molecular complexity index is 992. The summed E-state index contributed by atoms with van der Waals surface area (Å²) in [4.78, 5) is 2.42. The summed E-state index contributed by atoms with van der Waals surface area (Å²) in [7, 11) is 2.23. The third kappa shape index (κ3) is 5.12. The standard InChI is InChI=1S/C29H36N2/c1-22-16-18-24(19-17-22)11-5-4-10-20-30-29-23(2)26-13-7-6-12-25(26)21-31(3)28-15-9-8-14-27(28)29/h6-7,9,12-13,15-19,30H,4-5,8,10-11,14,20-21H2,1-3H3/b29-23+. The zero-order valence-electron chi connectivity index (χ0n) is 19.4. The summed E-state index contributed by atoms with van der Waals surface area (Å²) in [5.74, 6) is 0. The lowest BCUT2D eigenvalue weighted by atomic mass is 9.89. The fraction of sp³-hybridized carbons (Fsp3) is 0.379. The first-order valence-corrected chi connectivity index (χ1v) is 11.8. The first kappa shape index (κ1) is 21.5. The van der Waals surface area contributed by atoms with Crippen molar-refractivity contribution in [2.24, 2.45) is 0 Å². The Labute approximate surface area is 188 Å². The Balaban J connectivity index is 1.44. The van der Waals surface area contributed by atoms with Crippen LogP contribution in [0.25, 0.3) is 5.57 Å². The van der Waals surface area contributed by atoms with Gasteiger partial charge in [0.25, 0.3) is 0 Å². The number of likely N-dealkylation sites (N-methyl/N-ethyl adjacent to an activating group) is 1. The average molecular weight is 413 g/mol. The van der Waals surface area contributed by atoms with Crippen molar-refractivity contribution < 1.29 is 0 Å². The van der Waals surface area contributed by atoms with E-state index in [2.05, 4.69) is 91.8 Å². The molecule has 1 heterocycles. The average Bonchev–Trinajstić information content (AvgIpc) is 2.79. The molecule has 0 unspecified atom stereocenters. The van der Waals surface area contributed by atoms with Crippen molar-refractivity contribution in [2.75, 3.05) is 13.6 Å². The van der Waals surface area contributed by atoms with Crippen molar-refractivity contribution in [1.82, 2.24) is 10.2 Å². The van der Waals surface area contributed by atoms with Crippen LogP contribution in [0.5, 0.6) is 0 Å². The molecule has 1 aliphatic heterocycles. The number of hydrogen-bond acceptors (Lipinski definition) is 2. The molecule has 31 heavy (non-hydrogen) atoms. The van der Waals surface area contributed by atoms with Crippen LogP contribution in [0.3, 0.4) is 0 Å². The summed E-state index contributed by atoms with van der Waals surface area (Å²) in [5.41, 5.74) is 11.2. The lowest BCUT2D eigenvalue weighted by Crippen LogP contribution is -2.27. The normalized spacial score (nSPS) is 18.4. The first-order valence-electron chi connectivity index (χ1n) is 11.8. The quantitative estimate of drug-likeness (QED) is 0.504. The van der Waals surface area contributed by atoms with Crippen LogP contribution in [0.1, 0.15) is 61.3 Å². The third-order valence-electron chi connectivity index (χ3n) is 6.63. The molecule has 0 fully saturated rings. The molecule has 2 nitrogen and oxygen atoms in total. The van der Waals surface area contributed by atoms with Gasteiger partial charge in [-0.15, -0.1) is 0 Å². The Morgan fingerprint density at radius 1 is 0.935 bits per heavy atom. The van der Waals surface area contributed by atoms with Crippen LogP contribution in [-0.2, 0) is 13.0 Å². The predicted octanol–water partition coefficient (Wildman–Crippen LogP) is 6.78. The molecule has 0 aromatic heterocycles. The summed E-state index contributed by atoms with van der Waals surface area (Å²) >= 11 is 0. The van der Waals surface area contributed by atoms with E-state index in [1.54, 1.807) is 0 Å². The molecule has 0 saturated heterocycles. The molecule has 162 valence electrons. The minimum Gasteiger partial charge on any atom is -0.385 e. The van der Waals surface area contributed by atoms with Gasteiger partial charge in [0, 0.05) is 31.5 Å². The minimum atomic E-state index is 0.961. The smallest absolute Gasteiger partial charge is 0.0432 e. The summed E-state index contributed by atoms with van der Waals surface area (Å²) in [6.45, 7) is 6.45. The van der Waals surface area contributed by atoms with E-state index in [0.717, 1.165) is 25.9 Å². The number of rotatable bonds is 7. The Morgan fingerprint density at radius 2 is 1.74 bits per heavy atom. The largest absolute Gasteiger partial charge is 0.385 e. The second kappa shape index (κ2) is 10.0. The van der Waals surface area contributed by atoms with E-state index in [4.69, 9.17) is 0 Å². The van der Waals surface area contributed by atoms with Crippen LogP contribution in [0, 0.1) is 6.92 Å². The molecule has 0 saturated carbocycles. The maximum Gasteiger partial charge on any atom is 0.0432 e. The number of nitrogens with zero attached hydrogens (tertiary/aromatic N) is 1.